The van der Waals surface area contributed by atoms with Crippen LogP contribution >= 0.6 is 0 Å². The molecule has 2 rings (SSSR count). The second kappa shape index (κ2) is 9.13. The summed E-state index contributed by atoms with van der Waals surface area (Å²) in [6.45, 7) is 7.86. The van der Waals surface area contributed by atoms with Crippen molar-refractivity contribution in [1.82, 2.24) is 0 Å². The number of aliphatic hydroxyl groups excluding tert-OH is 1. The van der Waals surface area contributed by atoms with Gasteiger partial charge in [-0.1, -0.05) is 80.3 Å². The summed E-state index contributed by atoms with van der Waals surface area (Å²) in [4.78, 5) is 0. The average molecular weight is 345 g/mol. The summed E-state index contributed by atoms with van der Waals surface area (Å²) in [6, 6.07) is 20.5. The zero-order chi connectivity index (χ0) is 17.4. The highest BCUT2D eigenvalue weighted by Crippen LogP contribution is 2.31. The third kappa shape index (κ3) is 6.21. The summed E-state index contributed by atoms with van der Waals surface area (Å²) in [5.74, 6) is 0. The zero-order valence-corrected chi connectivity index (χ0v) is 15.8. The maximum atomic E-state index is 10.7. The third-order valence-electron chi connectivity index (χ3n) is 3.88. The van der Waals surface area contributed by atoms with Crippen LogP contribution in [0.5, 0.6) is 0 Å². The molecule has 2 aromatic rings. The van der Waals surface area contributed by atoms with Gasteiger partial charge in [-0.25, -0.2) is 0 Å². The highest BCUT2D eigenvalue weighted by Gasteiger charge is 2.23. The molecule has 0 spiro atoms. The summed E-state index contributed by atoms with van der Waals surface area (Å²) in [5, 5.41) is 10.7. The number of ether oxygens (including phenoxy) is 2. The van der Waals surface area contributed by atoms with Crippen LogP contribution < -0.4 is 0 Å². The molecule has 0 fully saturated rings. The lowest BCUT2D eigenvalue weighted by atomic mass is 9.98. The largest absolute Gasteiger partial charge is 0.385 e. The topological polar surface area (TPSA) is 38.7 Å². The number of hydrogen-bond acceptors (Lipinski definition) is 3. The molecule has 1 N–H and O–H groups in total. The van der Waals surface area contributed by atoms with Crippen molar-refractivity contribution in [3.63, 3.8) is 0 Å². The van der Waals surface area contributed by atoms with Gasteiger partial charge < -0.3 is 14.6 Å². The van der Waals surface area contributed by atoms with E-state index in [1.807, 2.05) is 60.7 Å². The van der Waals surface area contributed by atoms with Crippen LogP contribution in [0.25, 0.3) is 0 Å². The van der Waals surface area contributed by atoms with Crippen LogP contribution in [-0.2, 0) is 9.47 Å². The van der Waals surface area contributed by atoms with E-state index in [1.54, 1.807) is 0 Å². The molecule has 0 heterocycles. The van der Waals surface area contributed by atoms with Crippen molar-refractivity contribution in [2.75, 3.05) is 13.4 Å². The van der Waals surface area contributed by atoms with Gasteiger partial charge in [-0.05, 0) is 17.2 Å². The first-order valence-electron chi connectivity index (χ1n) is 8.45. The Morgan fingerprint density at radius 1 is 0.875 bits per heavy atom. The van der Waals surface area contributed by atoms with Gasteiger partial charge in [0.15, 0.2) is 0 Å². The van der Waals surface area contributed by atoms with Crippen LogP contribution in [0.3, 0.4) is 0 Å². The second-order valence-corrected chi connectivity index (χ2v) is 12.8. The Balaban J connectivity index is 1.99. The molecule has 2 aromatic carbocycles. The van der Waals surface area contributed by atoms with Gasteiger partial charge in [-0.15, -0.1) is 0 Å². The van der Waals surface area contributed by atoms with Crippen LogP contribution in [0.1, 0.15) is 23.3 Å². The molecule has 0 unspecified atom stereocenters. The Hall–Kier alpha value is -1.46. The van der Waals surface area contributed by atoms with Crippen LogP contribution in [0.2, 0.25) is 25.7 Å². The van der Waals surface area contributed by atoms with E-state index in [0.717, 1.165) is 17.2 Å². The quantitative estimate of drug-likeness (QED) is 0.404. The first-order chi connectivity index (χ1) is 11.5. The molecule has 4 heteroatoms. The molecule has 0 aliphatic carbocycles. The predicted molar refractivity (Wildman–Crippen MR) is 101 cm³/mol. The van der Waals surface area contributed by atoms with E-state index in [4.69, 9.17) is 9.47 Å². The number of rotatable bonds is 9. The highest BCUT2D eigenvalue weighted by atomic mass is 28.3. The normalized spacial score (nSPS) is 14.3. The molecule has 0 aliphatic rings. The van der Waals surface area contributed by atoms with Gasteiger partial charge in [-0.2, -0.15) is 0 Å². The SMILES string of the molecule is C[Si](C)(C)CCOCO[C@@H](c1ccccc1)[C@@H](O)c1ccccc1. The molecule has 0 aliphatic heterocycles. The summed E-state index contributed by atoms with van der Waals surface area (Å²) < 4.78 is 11.6. The van der Waals surface area contributed by atoms with Crippen molar-refractivity contribution >= 4 is 8.07 Å². The van der Waals surface area contributed by atoms with Crippen molar-refractivity contribution in [3.05, 3.63) is 71.8 Å². The maximum Gasteiger partial charge on any atom is 0.147 e. The van der Waals surface area contributed by atoms with Gasteiger partial charge in [0, 0.05) is 14.7 Å². The summed E-state index contributed by atoms with van der Waals surface area (Å²) >= 11 is 0. The Kier molecular flexibility index (Phi) is 7.18. The van der Waals surface area contributed by atoms with E-state index in [0.29, 0.717) is 6.61 Å². The fourth-order valence-electron chi connectivity index (χ4n) is 2.40. The Bertz CT molecular complexity index is 581. The molecule has 0 radical (unpaired) electrons. The van der Waals surface area contributed by atoms with Crippen LogP contribution in [0, 0.1) is 0 Å². The van der Waals surface area contributed by atoms with Crippen LogP contribution in [0.15, 0.2) is 60.7 Å². The van der Waals surface area contributed by atoms with Crippen molar-refractivity contribution in [2.45, 2.75) is 37.9 Å². The minimum Gasteiger partial charge on any atom is -0.385 e. The van der Waals surface area contributed by atoms with Gasteiger partial charge in [0.25, 0.3) is 0 Å². The monoisotopic (exact) mass is 344 g/mol. The molecule has 0 amide bonds. The standard InChI is InChI=1S/C20H28O3Si/c1-24(2,3)15-14-22-16-23-20(18-12-8-5-9-13-18)19(21)17-10-6-4-7-11-17/h4-13,19-21H,14-16H2,1-3H3/t19-,20-/m0/s1. The molecule has 2 atom stereocenters. The molecule has 0 bridgehead atoms. The summed E-state index contributed by atoms with van der Waals surface area (Å²) in [7, 11) is -1.10. The molecule has 0 saturated carbocycles. The Labute approximate surface area is 146 Å². The third-order valence-corrected chi connectivity index (χ3v) is 5.59. The van der Waals surface area contributed by atoms with Gasteiger partial charge in [0.1, 0.15) is 19.0 Å². The summed E-state index contributed by atoms with van der Waals surface area (Å²) in [5.41, 5.74) is 1.79. The smallest absolute Gasteiger partial charge is 0.147 e. The fraction of sp³-hybridized carbons (Fsp3) is 0.400. The molecule has 130 valence electrons. The fourth-order valence-corrected chi connectivity index (χ4v) is 3.15. The van der Waals surface area contributed by atoms with Crippen molar-refractivity contribution in [2.24, 2.45) is 0 Å². The molecular weight excluding hydrogens is 316 g/mol. The minimum atomic E-state index is -1.10. The number of benzene rings is 2. The molecule has 0 aromatic heterocycles. The lowest BCUT2D eigenvalue weighted by molar-refractivity contribution is -0.126. The molecule has 0 saturated heterocycles. The predicted octanol–water partition coefficient (Wildman–Crippen LogP) is 4.79. The van der Waals surface area contributed by atoms with E-state index in [9.17, 15) is 5.11 Å². The van der Waals surface area contributed by atoms with Crippen molar-refractivity contribution in [1.29, 1.82) is 0 Å². The molecule has 3 nitrogen and oxygen atoms in total. The Morgan fingerprint density at radius 2 is 1.42 bits per heavy atom. The lowest BCUT2D eigenvalue weighted by Gasteiger charge is -2.24. The first kappa shape index (κ1) is 18.9. The summed E-state index contributed by atoms with van der Waals surface area (Å²) in [6.07, 6.45) is -1.17. The molecular formula is C20H28O3Si. The zero-order valence-electron chi connectivity index (χ0n) is 14.8. The van der Waals surface area contributed by atoms with Gasteiger partial charge in [-0.3, -0.25) is 0 Å². The minimum absolute atomic E-state index is 0.188. The van der Waals surface area contributed by atoms with E-state index in [1.165, 1.54) is 0 Å². The van der Waals surface area contributed by atoms with Gasteiger partial charge in [0.2, 0.25) is 0 Å². The van der Waals surface area contributed by atoms with Gasteiger partial charge >= 0.3 is 0 Å². The maximum absolute atomic E-state index is 10.7. The van der Waals surface area contributed by atoms with E-state index < -0.39 is 20.3 Å². The number of aliphatic hydroxyl groups is 1. The van der Waals surface area contributed by atoms with E-state index >= 15 is 0 Å². The highest BCUT2D eigenvalue weighted by molar-refractivity contribution is 6.76. The molecule has 24 heavy (non-hydrogen) atoms. The van der Waals surface area contributed by atoms with E-state index in [2.05, 4.69) is 19.6 Å². The van der Waals surface area contributed by atoms with Crippen molar-refractivity contribution < 1.29 is 14.6 Å². The van der Waals surface area contributed by atoms with Crippen LogP contribution in [0.4, 0.5) is 0 Å². The lowest BCUT2D eigenvalue weighted by Crippen LogP contribution is -2.22. The van der Waals surface area contributed by atoms with E-state index in [-0.39, 0.29) is 6.79 Å². The number of hydrogen-bond donors (Lipinski definition) is 1. The Morgan fingerprint density at radius 3 is 1.96 bits per heavy atom. The van der Waals surface area contributed by atoms with Crippen LogP contribution in [-0.4, -0.2) is 26.6 Å². The average Bonchev–Trinajstić information content (AvgIpc) is 2.58. The first-order valence-corrected chi connectivity index (χ1v) is 12.2. The second-order valence-electron chi connectivity index (χ2n) is 7.19. The van der Waals surface area contributed by atoms with Crippen molar-refractivity contribution in [3.8, 4) is 0 Å². The van der Waals surface area contributed by atoms with Gasteiger partial charge in [0.05, 0.1) is 0 Å².